The Bertz CT molecular complexity index is 159. The predicted octanol–water partition coefficient (Wildman–Crippen LogP) is 4.40. The van der Waals surface area contributed by atoms with Crippen LogP contribution in [0.2, 0.25) is 0 Å². The van der Waals surface area contributed by atoms with E-state index in [1.54, 1.807) is 11.8 Å². The van der Waals surface area contributed by atoms with E-state index in [2.05, 4.69) is 35.3 Å². The van der Waals surface area contributed by atoms with Gasteiger partial charge < -0.3 is 0 Å². The third kappa shape index (κ3) is 12.7. The van der Waals surface area contributed by atoms with Crippen molar-refractivity contribution in [3.63, 3.8) is 0 Å². The third-order valence-corrected chi connectivity index (χ3v) is 1.75. The van der Waals surface area contributed by atoms with Crippen molar-refractivity contribution >= 4 is 27.7 Å². The van der Waals surface area contributed by atoms with E-state index in [-0.39, 0.29) is 0 Å². The van der Waals surface area contributed by atoms with Crippen LogP contribution in [0.3, 0.4) is 0 Å². The molecular formula is C10H17BrS. The number of thioether (sulfide) groups is 1. The lowest BCUT2D eigenvalue weighted by atomic mass is 10.3. The van der Waals surface area contributed by atoms with E-state index in [1.165, 1.54) is 0 Å². The van der Waals surface area contributed by atoms with Gasteiger partial charge in [0.25, 0.3) is 0 Å². The zero-order valence-electron chi connectivity index (χ0n) is 8.06. The highest BCUT2D eigenvalue weighted by Crippen LogP contribution is 2.07. The lowest BCUT2D eigenvalue weighted by Crippen LogP contribution is -1.77. The topological polar surface area (TPSA) is 0 Å². The summed E-state index contributed by atoms with van der Waals surface area (Å²) >= 11 is 4.99. The van der Waals surface area contributed by atoms with Gasteiger partial charge in [0.1, 0.15) is 0 Å². The van der Waals surface area contributed by atoms with Crippen LogP contribution in [0.5, 0.6) is 0 Å². The summed E-state index contributed by atoms with van der Waals surface area (Å²) in [5.41, 5.74) is 1.12. The highest BCUT2D eigenvalue weighted by atomic mass is 79.9. The van der Waals surface area contributed by atoms with Crippen LogP contribution in [0.1, 0.15) is 13.8 Å². The highest BCUT2D eigenvalue weighted by molar-refractivity contribution is 9.11. The molecule has 0 aliphatic heterocycles. The number of hydrogen-bond donors (Lipinski definition) is 0. The molecule has 0 saturated heterocycles. The van der Waals surface area contributed by atoms with Gasteiger partial charge in [-0.05, 0) is 17.9 Å². The Kier molecular flexibility index (Phi) is 13.4. The standard InChI is InChI=1S/C8H11BrS.C2H6/c1-7(6-10-3)4-5-8(2)9;1-2/h4-5H,1-2,6H2,3H3;1-2H3/b5-4-;. The van der Waals surface area contributed by atoms with Gasteiger partial charge in [-0.3, -0.25) is 0 Å². The summed E-state index contributed by atoms with van der Waals surface area (Å²) in [5, 5.41) is 0. The quantitative estimate of drug-likeness (QED) is 0.665. The molecule has 0 unspecified atom stereocenters. The van der Waals surface area contributed by atoms with E-state index < -0.39 is 0 Å². The first-order chi connectivity index (χ1) is 5.66. The van der Waals surface area contributed by atoms with Gasteiger partial charge in [0.05, 0.1) is 0 Å². The summed E-state index contributed by atoms with van der Waals surface area (Å²) in [6.45, 7) is 11.5. The summed E-state index contributed by atoms with van der Waals surface area (Å²) in [5.74, 6) is 0.983. The van der Waals surface area contributed by atoms with Crippen molar-refractivity contribution in [2.24, 2.45) is 0 Å². The summed E-state index contributed by atoms with van der Waals surface area (Å²) < 4.78 is 0.884. The van der Waals surface area contributed by atoms with Gasteiger partial charge in [-0.25, -0.2) is 0 Å². The monoisotopic (exact) mass is 248 g/mol. The minimum absolute atomic E-state index is 0.884. The van der Waals surface area contributed by atoms with Gasteiger partial charge in [-0.1, -0.05) is 49.0 Å². The zero-order chi connectivity index (χ0) is 9.98. The average Bonchev–Trinajstić information content (AvgIpc) is 2.05. The molecule has 0 aromatic rings. The summed E-state index contributed by atoms with van der Waals surface area (Å²) in [4.78, 5) is 0. The molecule has 0 nitrogen and oxygen atoms in total. The van der Waals surface area contributed by atoms with Gasteiger partial charge in [0, 0.05) is 10.2 Å². The molecule has 0 aromatic heterocycles. The van der Waals surface area contributed by atoms with Crippen LogP contribution in [0.4, 0.5) is 0 Å². The average molecular weight is 249 g/mol. The molecule has 0 aromatic carbocycles. The second kappa shape index (κ2) is 11.1. The van der Waals surface area contributed by atoms with Crippen LogP contribution in [0, 0.1) is 0 Å². The van der Waals surface area contributed by atoms with E-state index in [0.29, 0.717) is 0 Å². The van der Waals surface area contributed by atoms with Gasteiger partial charge in [0.2, 0.25) is 0 Å². The van der Waals surface area contributed by atoms with Gasteiger partial charge in [-0.2, -0.15) is 11.8 Å². The van der Waals surface area contributed by atoms with Crippen molar-refractivity contribution < 1.29 is 0 Å². The van der Waals surface area contributed by atoms with Crippen LogP contribution in [-0.4, -0.2) is 12.0 Å². The van der Waals surface area contributed by atoms with Crippen LogP contribution in [-0.2, 0) is 0 Å². The maximum absolute atomic E-state index is 3.85. The summed E-state index contributed by atoms with van der Waals surface area (Å²) in [6, 6.07) is 0. The molecule has 70 valence electrons. The van der Waals surface area contributed by atoms with Crippen LogP contribution in [0.25, 0.3) is 0 Å². The third-order valence-electron chi connectivity index (χ3n) is 0.830. The number of rotatable bonds is 4. The van der Waals surface area contributed by atoms with Crippen molar-refractivity contribution in [1.29, 1.82) is 0 Å². The summed E-state index contributed by atoms with van der Waals surface area (Å²) in [7, 11) is 0. The fourth-order valence-electron chi connectivity index (χ4n) is 0.442. The number of allylic oxidation sites excluding steroid dienone is 3. The first-order valence-corrected chi connectivity index (χ1v) is 6.04. The van der Waals surface area contributed by atoms with Crippen molar-refractivity contribution in [2.75, 3.05) is 12.0 Å². The zero-order valence-corrected chi connectivity index (χ0v) is 10.5. The molecule has 0 heterocycles. The van der Waals surface area contributed by atoms with E-state index in [4.69, 9.17) is 0 Å². The van der Waals surface area contributed by atoms with Crippen molar-refractivity contribution in [2.45, 2.75) is 13.8 Å². The molecule has 0 N–H and O–H groups in total. The number of halogens is 1. The molecule has 2 heteroatoms. The maximum Gasteiger partial charge on any atom is 0.0175 e. The minimum atomic E-state index is 0.884. The largest absolute Gasteiger partial charge is 0.161 e. The minimum Gasteiger partial charge on any atom is -0.161 e. The van der Waals surface area contributed by atoms with Gasteiger partial charge in [-0.15, -0.1) is 0 Å². The Balaban J connectivity index is 0. The maximum atomic E-state index is 3.85. The smallest absolute Gasteiger partial charge is 0.0175 e. The van der Waals surface area contributed by atoms with E-state index >= 15 is 0 Å². The van der Waals surface area contributed by atoms with Gasteiger partial charge in [0.15, 0.2) is 0 Å². The molecule has 0 radical (unpaired) electrons. The van der Waals surface area contributed by atoms with Crippen LogP contribution in [0.15, 0.2) is 35.4 Å². The Morgan fingerprint density at radius 2 is 1.83 bits per heavy atom. The Morgan fingerprint density at radius 3 is 2.17 bits per heavy atom. The fourth-order valence-corrected chi connectivity index (χ4v) is 1.04. The Hall–Kier alpha value is 0.0500. The first kappa shape index (κ1) is 14.6. The Morgan fingerprint density at radius 1 is 1.33 bits per heavy atom. The van der Waals surface area contributed by atoms with Crippen molar-refractivity contribution in [3.05, 3.63) is 35.4 Å². The van der Waals surface area contributed by atoms with Gasteiger partial charge >= 0.3 is 0 Å². The molecule has 0 fully saturated rings. The molecule has 0 spiro atoms. The van der Waals surface area contributed by atoms with Crippen LogP contribution < -0.4 is 0 Å². The van der Waals surface area contributed by atoms with E-state index in [9.17, 15) is 0 Å². The lowest BCUT2D eigenvalue weighted by Gasteiger charge is -1.93. The van der Waals surface area contributed by atoms with Crippen molar-refractivity contribution in [3.8, 4) is 0 Å². The van der Waals surface area contributed by atoms with E-state index in [0.717, 1.165) is 15.8 Å². The Labute approximate surface area is 89.0 Å². The SMILES string of the molecule is C=C(Br)/C=C\C(=C)CSC.CC. The molecule has 12 heavy (non-hydrogen) atoms. The second-order valence-electron chi connectivity index (χ2n) is 1.87. The molecule has 0 aliphatic rings. The normalized spacial score (nSPS) is 9.00. The predicted molar refractivity (Wildman–Crippen MR) is 66.1 cm³/mol. The first-order valence-electron chi connectivity index (χ1n) is 3.86. The number of hydrogen-bond acceptors (Lipinski definition) is 1. The molecule has 0 saturated carbocycles. The molecule has 0 amide bonds. The fraction of sp³-hybridized carbons (Fsp3) is 0.400. The second-order valence-corrected chi connectivity index (χ2v) is 3.76. The van der Waals surface area contributed by atoms with Crippen LogP contribution >= 0.6 is 27.7 Å². The summed E-state index contributed by atoms with van der Waals surface area (Å²) in [6.07, 6.45) is 5.92. The molecular weight excluding hydrogens is 232 g/mol. The molecule has 0 atom stereocenters. The highest BCUT2D eigenvalue weighted by Gasteiger charge is 1.84. The molecule has 0 rings (SSSR count). The van der Waals surface area contributed by atoms with Crippen molar-refractivity contribution in [1.82, 2.24) is 0 Å². The molecule has 0 aliphatic carbocycles. The lowest BCUT2D eigenvalue weighted by molar-refractivity contribution is 1.50. The molecule has 0 bridgehead atoms. The van der Waals surface area contributed by atoms with E-state index in [1.807, 2.05) is 26.0 Å².